The van der Waals surface area contributed by atoms with Crippen LogP contribution in [-0.4, -0.2) is 81.1 Å². The predicted molar refractivity (Wildman–Crippen MR) is 165 cm³/mol. The molecule has 0 unspecified atom stereocenters. The molecule has 0 aliphatic carbocycles. The van der Waals surface area contributed by atoms with Crippen molar-refractivity contribution in [1.82, 2.24) is 24.8 Å². The molecule has 8 nitrogen and oxygen atoms in total. The minimum atomic E-state index is -0.961. The Hall–Kier alpha value is -3.89. The van der Waals surface area contributed by atoms with Crippen molar-refractivity contribution in [1.29, 1.82) is 0 Å². The Morgan fingerprint density at radius 1 is 1.07 bits per heavy atom. The first kappa shape index (κ1) is 27.6. The van der Waals surface area contributed by atoms with Crippen LogP contribution in [0.3, 0.4) is 0 Å². The fraction of sp³-hybridized carbons (Fsp3) is 0.394. The fourth-order valence-corrected chi connectivity index (χ4v) is 8.23. The normalized spacial score (nSPS) is 22.3. The molecule has 2 aromatic heterocycles. The van der Waals surface area contributed by atoms with Gasteiger partial charge in [-0.1, -0.05) is 36.4 Å². The van der Waals surface area contributed by atoms with Gasteiger partial charge in [0.15, 0.2) is 11.6 Å². The maximum atomic E-state index is 16.7. The standard InChI is InChI=1S/C33H31ClF2N6O2/c1-19(35)31(43)41-14-9-25-26(41)17-42(25)30-22-8-7-21(23-16-37-15-20-5-2-6-24(34)27(20)23)28(36)29(22)38-32(39-30)44-18-33-10-3-12-40(33)13-4-11-33/h2,5-8,15-16,25-26H,1,3-4,9-14,17-18H2/t25-,26-/m1/s1. The molecule has 0 spiro atoms. The molecule has 4 aliphatic heterocycles. The van der Waals surface area contributed by atoms with Gasteiger partial charge in [0.2, 0.25) is 0 Å². The summed E-state index contributed by atoms with van der Waals surface area (Å²) in [5.41, 5.74) is 1.01. The van der Waals surface area contributed by atoms with Gasteiger partial charge in [0, 0.05) is 57.8 Å². The molecule has 0 bridgehead atoms. The van der Waals surface area contributed by atoms with Gasteiger partial charge in [-0.15, -0.1) is 0 Å². The van der Waals surface area contributed by atoms with Crippen molar-refractivity contribution in [2.75, 3.05) is 37.7 Å². The molecule has 0 radical (unpaired) electrons. The molecule has 1 amide bonds. The summed E-state index contributed by atoms with van der Waals surface area (Å²) in [7, 11) is 0. The van der Waals surface area contributed by atoms with Crippen molar-refractivity contribution in [3.63, 3.8) is 0 Å². The number of ether oxygens (including phenoxy) is 1. The van der Waals surface area contributed by atoms with E-state index in [1.165, 1.54) is 4.90 Å². The molecule has 2 aromatic carbocycles. The summed E-state index contributed by atoms with van der Waals surface area (Å²) >= 11 is 6.59. The van der Waals surface area contributed by atoms with Gasteiger partial charge in [0.1, 0.15) is 17.9 Å². The summed E-state index contributed by atoms with van der Waals surface area (Å²) in [4.78, 5) is 32.3. The van der Waals surface area contributed by atoms with E-state index in [1.807, 2.05) is 18.2 Å². The smallest absolute Gasteiger partial charge is 0.319 e. The quantitative estimate of drug-likeness (QED) is 0.249. The number of rotatable bonds is 6. The van der Waals surface area contributed by atoms with Crippen LogP contribution in [0.2, 0.25) is 5.02 Å². The van der Waals surface area contributed by atoms with Crippen molar-refractivity contribution in [2.45, 2.75) is 49.7 Å². The summed E-state index contributed by atoms with van der Waals surface area (Å²) < 4.78 is 36.7. The Bertz CT molecular complexity index is 1840. The van der Waals surface area contributed by atoms with Gasteiger partial charge in [-0.05, 0) is 57.3 Å². The number of benzene rings is 2. The Kier molecular flexibility index (Phi) is 6.50. The number of likely N-dealkylation sites (tertiary alicyclic amines) is 1. The van der Waals surface area contributed by atoms with E-state index in [4.69, 9.17) is 21.3 Å². The summed E-state index contributed by atoms with van der Waals surface area (Å²) in [6.45, 7) is 6.61. The van der Waals surface area contributed by atoms with Crippen LogP contribution in [-0.2, 0) is 4.79 Å². The monoisotopic (exact) mass is 616 g/mol. The van der Waals surface area contributed by atoms with Gasteiger partial charge in [-0.25, -0.2) is 8.78 Å². The third kappa shape index (κ3) is 4.18. The largest absolute Gasteiger partial charge is 0.461 e. The van der Waals surface area contributed by atoms with E-state index in [9.17, 15) is 9.18 Å². The number of anilines is 1. The van der Waals surface area contributed by atoms with Crippen LogP contribution in [0.25, 0.3) is 32.8 Å². The predicted octanol–water partition coefficient (Wildman–Crippen LogP) is 5.92. The van der Waals surface area contributed by atoms with Crippen LogP contribution in [0.15, 0.2) is 55.1 Å². The summed E-state index contributed by atoms with van der Waals surface area (Å²) in [5, 5.41) is 2.57. The first-order valence-electron chi connectivity index (χ1n) is 15.2. The molecule has 4 saturated heterocycles. The molecule has 11 heteroatoms. The molecule has 4 aliphatic rings. The minimum Gasteiger partial charge on any atom is -0.461 e. The number of amides is 1. The van der Waals surface area contributed by atoms with Crippen LogP contribution < -0.4 is 9.64 Å². The van der Waals surface area contributed by atoms with Gasteiger partial charge in [0.25, 0.3) is 5.91 Å². The lowest BCUT2D eigenvalue weighted by Gasteiger charge is -2.47. The second kappa shape index (κ2) is 10.3. The van der Waals surface area contributed by atoms with Crippen LogP contribution in [0.1, 0.15) is 32.1 Å². The number of carbonyl (C=O) groups is 1. The molecule has 44 heavy (non-hydrogen) atoms. The second-order valence-electron chi connectivity index (χ2n) is 12.4. The highest BCUT2D eigenvalue weighted by Gasteiger charge is 2.50. The first-order chi connectivity index (χ1) is 21.3. The third-order valence-electron chi connectivity index (χ3n) is 10.1. The average molecular weight is 617 g/mol. The number of carbonyl (C=O) groups excluding carboxylic acids is 1. The van der Waals surface area contributed by atoms with E-state index in [2.05, 4.69) is 26.3 Å². The van der Waals surface area contributed by atoms with E-state index >= 15 is 4.39 Å². The lowest BCUT2D eigenvalue weighted by Crippen LogP contribution is -2.63. The second-order valence-corrected chi connectivity index (χ2v) is 12.8. The zero-order chi connectivity index (χ0) is 30.2. The zero-order valence-corrected chi connectivity index (χ0v) is 24.9. The average Bonchev–Trinajstić information content (AvgIpc) is 3.69. The fourth-order valence-electron chi connectivity index (χ4n) is 7.94. The molecule has 6 heterocycles. The molecule has 4 aromatic rings. The van der Waals surface area contributed by atoms with Gasteiger partial charge in [-0.3, -0.25) is 14.7 Å². The van der Waals surface area contributed by atoms with E-state index in [1.54, 1.807) is 24.5 Å². The highest BCUT2D eigenvalue weighted by atomic mass is 35.5. The summed E-state index contributed by atoms with van der Waals surface area (Å²) in [6, 6.07) is 8.94. The van der Waals surface area contributed by atoms with Crippen LogP contribution in [0.4, 0.5) is 14.6 Å². The summed E-state index contributed by atoms with van der Waals surface area (Å²) in [5.74, 6) is -1.60. The number of hydrogen-bond donors (Lipinski definition) is 0. The Labute approximate surface area is 258 Å². The molecule has 226 valence electrons. The van der Waals surface area contributed by atoms with Crippen LogP contribution in [0, 0.1) is 5.82 Å². The number of fused-ring (bicyclic) bond motifs is 4. The van der Waals surface area contributed by atoms with Crippen molar-refractivity contribution < 1.29 is 18.3 Å². The maximum Gasteiger partial charge on any atom is 0.319 e. The molecule has 4 fully saturated rings. The SMILES string of the molecule is C=C(F)C(=O)N1CC[C@@H]2[C@H]1CN2c1nc(OCC23CCCN2CCC3)nc2c(F)c(-c3cncc4cccc(Cl)c34)ccc12. The van der Waals surface area contributed by atoms with Gasteiger partial charge in [-0.2, -0.15) is 9.97 Å². The lowest BCUT2D eigenvalue weighted by molar-refractivity contribution is -0.130. The van der Waals surface area contributed by atoms with E-state index in [0.29, 0.717) is 58.9 Å². The van der Waals surface area contributed by atoms with Crippen molar-refractivity contribution in [3.8, 4) is 17.1 Å². The first-order valence-corrected chi connectivity index (χ1v) is 15.6. The van der Waals surface area contributed by atoms with Crippen LogP contribution in [0.5, 0.6) is 6.01 Å². The van der Waals surface area contributed by atoms with Gasteiger partial charge in [0.05, 0.1) is 17.6 Å². The number of nitrogens with zero attached hydrogens (tertiary/aromatic N) is 6. The number of hydrogen-bond acceptors (Lipinski definition) is 7. The number of aromatic nitrogens is 3. The molecule has 2 atom stereocenters. The van der Waals surface area contributed by atoms with Gasteiger partial charge >= 0.3 is 6.01 Å². The Balaban J connectivity index is 1.22. The van der Waals surface area contributed by atoms with Crippen molar-refractivity contribution in [3.05, 3.63) is 66.0 Å². The third-order valence-corrected chi connectivity index (χ3v) is 10.4. The highest BCUT2D eigenvalue weighted by molar-refractivity contribution is 6.36. The minimum absolute atomic E-state index is 0.0346. The molecule has 8 rings (SSSR count). The Morgan fingerprint density at radius 2 is 1.89 bits per heavy atom. The lowest BCUT2D eigenvalue weighted by atomic mass is 9.95. The van der Waals surface area contributed by atoms with E-state index < -0.39 is 17.6 Å². The van der Waals surface area contributed by atoms with E-state index in [-0.39, 0.29) is 29.1 Å². The van der Waals surface area contributed by atoms with Crippen molar-refractivity contribution in [2.24, 2.45) is 0 Å². The zero-order valence-electron chi connectivity index (χ0n) is 24.1. The topological polar surface area (TPSA) is 74.7 Å². The molecule has 0 N–H and O–H groups in total. The van der Waals surface area contributed by atoms with Crippen LogP contribution >= 0.6 is 11.6 Å². The van der Waals surface area contributed by atoms with Gasteiger partial charge < -0.3 is 14.5 Å². The number of pyridine rings is 1. The van der Waals surface area contributed by atoms with E-state index in [0.717, 1.165) is 44.2 Å². The molecule has 0 saturated carbocycles. The highest BCUT2D eigenvalue weighted by Crippen LogP contribution is 2.43. The van der Waals surface area contributed by atoms with Crippen molar-refractivity contribution >= 4 is 45.0 Å². The summed E-state index contributed by atoms with van der Waals surface area (Å²) in [6.07, 6.45) is 8.34. The molecular formula is C33H31ClF2N6O2. The molecular weight excluding hydrogens is 586 g/mol. The maximum absolute atomic E-state index is 16.7. The number of halogens is 3. The Morgan fingerprint density at radius 3 is 2.68 bits per heavy atom.